The lowest BCUT2D eigenvalue weighted by Crippen LogP contribution is -2.33. The standard InChI is InChI=1S/C14H23FN2/c1-4-10-17(11(2)3)14-12(8-9-16)6-5-7-13(14)15/h5-7,11H,4,8-10,16H2,1-3H3. The summed E-state index contributed by atoms with van der Waals surface area (Å²) in [6.45, 7) is 7.71. The van der Waals surface area contributed by atoms with Crippen molar-refractivity contribution in [2.75, 3.05) is 18.0 Å². The van der Waals surface area contributed by atoms with E-state index in [9.17, 15) is 4.39 Å². The first-order chi connectivity index (χ1) is 8.11. The number of nitrogens with zero attached hydrogens (tertiary/aromatic N) is 1. The first-order valence-electron chi connectivity index (χ1n) is 6.35. The van der Waals surface area contributed by atoms with E-state index in [1.807, 2.05) is 6.07 Å². The average molecular weight is 238 g/mol. The van der Waals surface area contributed by atoms with Gasteiger partial charge < -0.3 is 10.6 Å². The van der Waals surface area contributed by atoms with Gasteiger partial charge in [-0.2, -0.15) is 0 Å². The first-order valence-corrected chi connectivity index (χ1v) is 6.35. The number of para-hydroxylation sites is 1. The molecule has 0 heterocycles. The van der Waals surface area contributed by atoms with Crippen molar-refractivity contribution in [3.63, 3.8) is 0 Å². The molecule has 0 aliphatic rings. The second-order valence-corrected chi connectivity index (χ2v) is 4.57. The van der Waals surface area contributed by atoms with Gasteiger partial charge in [0.15, 0.2) is 0 Å². The van der Waals surface area contributed by atoms with Gasteiger partial charge in [-0.15, -0.1) is 0 Å². The molecule has 1 rings (SSSR count). The van der Waals surface area contributed by atoms with E-state index in [1.165, 1.54) is 6.07 Å². The highest BCUT2D eigenvalue weighted by Crippen LogP contribution is 2.26. The first kappa shape index (κ1) is 14.0. The second kappa shape index (κ2) is 6.60. The smallest absolute Gasteiger partial charge is 0.146 e. The van der Waals surface area contributed by atoms with E-state index < -0.39 is 0 Å². The molecule has 0 aliphatic heterocycles. The maximum absolute atomic E-state index is 14.0. The Morgan fingerprint density at radius 3 is 2.59 bits per heavy atom. The average Bonchev–Trinajstić information content (AvgIpc) is 2.27. The molecule has 0 bridgehead atoms. The number of benzene rings is 1. The summed E-state index contributed by atoms with van der Waals surface area (Å²) in [5.41, 5.74) is 7.33. The van der Waals surface area contributed by atoms with Crippen molar-refractivity contribution in [3.05, 3.63) is 29.6 Å². The number of nitrogens with two attached hydrogens (primary N) is 1. The summed E-state index contributed by atoms with van der Waals surface area (Å²) in [4.78, 5) is 2.13. The fourth-order valence-electron chi connectivity index (χ4n) is 2.11. The van der Waals surface area contributed by atoms with Crippen LogP contribution in [0.5, 0.6) is 0 Å². The highest BCUT2D eigenvalue weighted by molar-refractivity contribution is 5.55. The molecule has 96 valence electrons. The molecule has 0 unspecified atom stereocenters. The fraction of sp³-hybridized carbons (Fsp3) is 0.571. The van der Waals surface area contributed by atoms with Crippen molar-refractivity contribution in [2.24, 2.45) is 5.73 Å². The quantitative estimate of drug-likeness (QED) is 0.825. The van der Waals surface area contributed by atoms with Crippen LogP contribution in [-0.2, 0) is 6.42 Å². The van der Waals surface area contributed by atoms with Gasteiger partial charge in [-0.25, -0.2) is 4.39 Å². The Labute approximate surface area is 104 Å². The molecule has 0 aromatic heterocycles. The molecule has 0 amide bonds. The third-order valence-corrected chi connectivity index (χ3v) is 2.86. The molecule has 2 N–H and O–H groups in total. The molecule has 1 aromatic rings. The van der Waals surface area contributed by atoms with Gasteiger partial charge >= 0.3 is 0 Å². The Hall–Kier alpha value is -1.09. The molecule has 0 atom stereocenters. The summed E-state index contributed by atoms with van der Waals surface area (Å²) in [7, 11) is 0. The summed E-state index contributed by atoms with van der Waals surface area (Å²) < 4.78 is 14.0. The summed E-state index contributed by atoms with van der Waals surface area (Å²) >= 11 is 0. The molecule has 0 spiro atoms. The van der Waals surface area contributed by atoms with E-state index in [0.717, 1.165) is 30.6 Å². The zero-order valence-corrected chi connectivity index (χ0v) is 11.0. The van der Waals surface area contributed by atoms with Crippen molar-refractivity contribution in [3.8, 4) is 0 Å². The highest BCUT2D eigenvalue weighted by Gasteiger charge is 2.17. The molecule has 0 radical (unpaired) electrons. The summed E-state index contributed by atoms with van der Waals surface area (Å²) in [6.07, 6.45) is 1.73. The van der Waals surface area contributed by atoms with E-state index in [2.05, 4.69) is 25.7 Å². The van der Waals surface area contributed by atoms with Crippen LogP contribution in [0, 0.1) is 5.82 Å². The van der Waals surface area contributed by atoms with Crippen molar-refractivity contribution < 1.29 is 4.39 Å². The molecule has 1 aromatic carbocycles. The molecule has 3 heteroatoms. The maximum atomic E-state index is 14.0. The third-order valence-electron chi connectivity index (χ3n) is 2.86. The van der Waals surface area contributed by atoms with Crippen LogP contribution in [0.1, 0.15) is 32.8 Å². The summed E-state index contributed by atoms with van der Waals surface area (Å²) in [6, 6.07) is 5.55. The van der Waals surface area contributed by atoms with Crippen molar-refractivity contribution in [2.45, 2.75) is 39.7 Å². The predicted octanol–water partition coefficient (Wildman–Crippen LogP) is 2.95. The number of rotatable bonds is 6. The van der Waals surface area contributed by atoms with Gasteiger partial charge in [-0.05, 0) is 44.9 Å². The van der Waals surface area contributed by atoms with Crippen molar-refractivity contribution in [1.82, 2.24) is 0 Å². The van der Waals surface area contributed by atoms with E-state index in [0.29, 0.717) is 12.6 Å². The van der Waals surface area contributed by atoms with Gasteiger partial charge in [-0.1, -0.05) is 19.1 Å². The van der Waals surface area contributed by atoms with Gasteiger partial charge in [-0.3, -0.25) is 0 Å². The normalized spacial score (nSPS) is 10.9. The summed E-state index contributed by atoms with van der Waals surface area (Å²) in [5, 5.41) is 0. The predicted molar refractivity (Wildman–Crippen MR) is 71.9 cm³/mol. The van der Waals surface area contributed by atoms with Crippen LogP contribution in [0.15, 0.2) is 18.2 Å². The lowest BCUT2D eigenvalue weighted by atomic mass is 10.1. The van der Waals surface area contributed by atoms with Gasteiger partial charge in [0.1, 0.15) is 5.82 Å². The molecular weight excluding hydrogens is 215 g/mol. The molecule has 0 saturated heterocycles. The Balaban J connectivity index is 3.14. The van der Waals surface area contributed by atoms with Crippen LogP contribution in [-0.4, -0.2) is 19.1 Å². The minimum absolute atomic E-state index is 0.141. The van der Waals surface area contributed by atoms with E-state index >= 15 is 0 Å². The van der Waals surface area contributed by atoms with Crippen LogP contribution in [0.2, 0.25) is 0 Å². The van der Waals surface area contributed by atoms with Crippen LogP contribution >= 0.6 is 0 Å². The molecule has 0 saturated carbocycles. The second-order valence-electron chi connectivity index (χ2n) is 4.57. The molecule has 0 fully saturated rings. The monoisotopic (exact) mass is 238 g/mol. The number of hydrogen-bond acceptors (Lipinski definition) is 2. The number of hydrogen-bond donors (Lipinski definition) is 1. The minimum atomic E-state index is -0.141. The van der Waals surface area contributed by atoms with E-state index in [-0.39, 0.29) is 5.82 Å². The van der Waals surface area contributed by atoms with Crippen molar-refractivity contribution in [1.29, 1.82) is 0 Å². The molecule has 0 aliphatic carbocycles. The Bertz CT molecular complexity index is 350. The van der Waals surface area contributed by atoms with Crippen LogP contribution in [0.4, 0.5) is 10.1 Å². The highest BCUT2D eigenvalue weighted by atomic mass is 19.1. The Morgan fingerprint density at radius 2 is 2.06 bits per heavy atom. The number of halogens is 1. The number of anilines is 1. The Morgan fingerprint density at radius 1 is 1.35 bits per heavy atom. The van der Waals surface area contributed by atoms with Gasteiger partial charge in [0.05, 0.1) is 5.69 Å². The van der Waals surface area contributed by atoms with Crippen molar-refractivity contribution >= 4 is 5.69 Å². The van der Waals surface area contributed by atoms with Crippen LogP contribution in [0.3, 0.4) is 0 Å². The largest absolute Gasteiger partial charge is 0.367 e. The lowest BCUT2D eigenvalue weighted by molar-refractivity contribution is 0.593. The van der Waals surface area contributed by atoms with Gasteiger partial charge in [0.2, 0.25) is 0 Å². The van der Waals surface area contributed by atoms with Crippen LogP contribution < -0.4 is 10.6 Å². The zero-order valence-electron chi connectivity index (χ0n) is 11.0. The van der Waals surface area contributed by atoms with Crippen LogP contribution in [0.25, 0.3) is 0 Å². The van der Waals surface area contributed by atoms with Gasteiger partial charge in [0, 0.05) is 12.6 Å². The summed E-state index contributed by atoms with van der Waals surface area (Å²) in [5.74, 6) is -0.141. The zero-order chi connectivity index (χ0) is 12.8. The van der Waals surface area contributed by atoms with E-state index in [4.69, 9.17) is 5.73 Å². The Kier molecular flexibility index (Phi) is 5.42. The third kappa shape index (κ3) is 3.43. The SMILES string of the molecule is CCCN(c1c(F)cccc1CCN)C(C)C. The molecule has 17 heavy (non-hydrogen) atoms. The fourth-order valence-corrected chi connectivity index (χ4v) is 2.11. The topological polar surface area (TPSA) is 29.3 Å². The maximum Gasteiger partial charge on any atom is 0.146 e. The van der Waals surface area contributed by atoms with E-state index in [1.54, 1.807) is 6.07 Å². The molecular formula is C14H23FN2. The lowest BCUT2D eigenvalue weighted by Gasteiger charge is -2.31. The minimum Gasteiger partial charge on any atom is -0.367 e. The molecule has 2 nitrogen and oxygen atoms in total. The van der Waals surface area contributed by atoms with Gasteiger partial charge in [0.25, 0.3) is 0 Å².